The maximum absolute atomic E-state index is 12.6. The molecule has 2 aromatic rings. The average molecular weight is 343 g/mol. The first-order valence-electron chi connectivity index (χ1n) is 8.13. The van der Waals surface area contributed by atoms with Crippen LogP contribution in [0.3, 0.4) is 0 Å². The number of carbonyl (C=O) groups is 2. The summed E-state index contributed by atoms with van der Waals surface area (Å²) in [6.45, 7) is 0.333. The van der Waals surface area contributed by atoms with Gasteiger partial charge in [0.1, 0.15) is 5.75 Å². The standard InChI is InChI=1S/C18H21N3O4/c1-20-11-13(9-19-20)17-15(18(23)24)6-7-16(22)21(17)10-12-4-3-5-14(8-12)25-2/h3-5,8-9,11,15,17H,6-7,10H2,1-2H3,(H,23,24). The lowest BCUT2D eigenvalue weighted by atomic mass is 9.85. The minimum absolute atomic E-state index is 0.0471. The Kier molecular flexibility index (Phi) is 4.74. The van der Waals surface area contributed by atoms with Gasteiger partial charge >= 0.3 is 5.97 Å². The molecule has 1 fully saturated rings. The molecule has 2 atom stereocenters. The summed E-state index contributed by atoms with van der Waals surface area (Å²) in [6, 6.07) is 6.92. The molecule has 2 unspecified atom stereocenters. The molecule has 3 rings (SSSR count). The number of nitrogens with zero attached hydrogens (tertiary/aromatic N) is 3. The lowest BCUT2D eigenvalue weighted by Gasteiger charge is -2.39. The third kappa shape index (κ3) is 3.50. The molecule has 1 amide bonds. The summed E-state index contributed by atoms with van der Waals surface area (Å²) < 4.78 is 6.86. The summed E-state index contributed by atoms with van der Waals surface area (Å²) in [5, 5.41) is 13.8. The molecular formula is C18H21N3O4. The van der Waals surface area contributed by atoms with Crippen molar-refractivity contribution in [1.82, 2.24) is 14.7 Å². The second kappa shape index (κ2) is 6.96. The van der Waals surface area contributed by atoms with Crippen molar-refractivity contribution >= 4 is 11.9 Å². The zero-order valence-electron chi connectivity index (χ0n) is 14.3. The number of hydrogen-bond donors (Lipinski definition) is 1. The summed E-state index contributed by atoms with van der Waals surface area (Å²) in [7, 11) is 3.36. The molecule has 2 heterocycles. The predicted octanol–water partition coefficient (Wildman–Crippen LogP) is 1.99. The van der Waals surface area contributed by atoms with E-state index in [4.69, 9.17) is 4.74 Å². The molecule has 1 aromatic carbocycles. The fraction of sp³-hybridized carbons (Fsp3) is 0.389. The zero-order chi connectivity index (χ0) is 18.0. The summed E-state index contributed by atoms with van der Waals surface area (Å²) in [6.07, 6.45) is 3.98. The Balaban J connectivity index is 1.96. The van der Waals surface area contributed by atoms with Gasteiger partial charge in [-0.05, 0) is 24.1 Å². The largest absolute Gasteiger partial charge is 0.497 e. The number of carboxylic acid groups (broad SMARTS) is 1. The SMILES string of the molecule is COc1cccc(CN2C(=O)CCC(C(=O)O)C2c2cnn(C)c2)c1. The number of aliphatic carboxylic acids is 1. The van der Waals surface area contributed by atoms with Gasteiger partial charge < -0.3 is 14.7 Å². The van der Waals surface area contributed by atoms with Crippen molar-refractivity contribution in [1.29, 1.82) is 0 Å². The van der Waals surface area contributed by atoms with Gasteiger partial charge in [-0.25, -0.2) is 0 Å². The van der Waals surface area contributed by atoms with E-state index in [1.54, 1.807) is 36.1 Å². The first kappa shape index (κ1) is 17.0. The van der Waals surface area contributed by atoms with E-state index < -0.39 is 17.9 Å². The van der Waals surface area contributed by atoms with Gasteiger partial charge in [0.2, 0.25) is 5.91 Å². The van der Waals surface area contributed by atoms with E-state index >= 15 is 0 Å². The lowest BCUT2D eigenvalue weighted by molar-refractivity contribution is -0.152. The molecule has 25 heavy (non-hydrogen) atoms. The van der Waals surface area contributed by atoms with Crippen molar-refractivity contribution in [2.45, 2.75) is 25.4 Å². The van der Waals surface area contributed by atoms with Crippen LogP contribution >= 0.6 is 0 Å². The number of methoxy groups -OCH3 is 1. The monoisotopic (exact) mass is 343 g/mol. The Morgan fingerprint density at radius 3 is 2.88 bits per heavy atom. The van der Waals surface area contributed by atoms with E-state index in [-0.39, 0.29) is 12.3 Å². The number of carbonyl (C=O) groups excluding carboxylic acids is 1. The normalized spacial score (nSPS) is 20.6. The molecule has 0 radical (unpaired) electrons. The molecule has 1 saturated heterocycles. The number of hydrogen-bond acceptors (Lipinski definition) is 4. The highest BCUT2D eigenvalue weighted by Gasteiger charge is 2.41. The fourth-order valence-corrected chi connectivity index (χ4v) is 3.37. The van der Waals surface area contributed by atoms with Gasteiger partial charge in [0.25, 0.3) is 0 Å². The van der Waals surface area contributed by atoms with Gasteiger partial charge in [-0.2, -0.15) is 5.10 Å². The van der Waals surface area contributed by atoms with Crippen LogP contribution in [-0.4, -0.2) is 38.8 Å². The number of ether oxygens (including phenoxy) is 1. The first-order valence-corrected chi connectivity index (χ1v) is 8.13. The number of piperidine rings is 1. The predicted molar refractivity (Wildman–Crippen MR) is 89.9 cm³/mol. The Hall–Kier alpha value is -2.83. The van der Waals surface area contributed by atoms with Crippen LogP contribution in [0.15, 0.2) is 36.7 Å². The summed E-state index contributed by atoms with van der Waals surface area (Å²) in [5.41, 5.74) is 1.64. The second-order valence-electron chi connectivity index (χ2n) is 6.25. The second-order valence-corrected chi connectivity index (χ2v) is 6.25. The van der Waals surface area contributed by atoms with Crippen LogP contribution in [0.25, 0.3) is 0 Å². The van der Waals surface area contributed by atoms with Crippen LogP contribution in [0.2, 0.25) is 0 Å². The van der Waals surface area contributed by atoms with Crippen molar-refractivity contribution < 1.29 is 19.4 Å². The van der Waals surface area contributed by atoms with Crippen LogP contribution in [0.4, 0.5) is 0 Å². The molecule has 0 bridgehead atoms. The molecule has 1 aliphatic rings. The highest BCUT2D eigenvalue weighted by Crippen LogP contribution is 2.38. The van der Waals surface area contributed by atoms with E-state index in [9.17, 15) is 14.7 Å². The number of likely N-dealkylation sites (tertiary alicyclic amines) is 1. The average Bonchev–Trinajstić information content (AvgIpc) is 3.02. The van der Waals surface area contributed by atoms with Gasteiger partial charge in [0.15, 0.2) is 0 Å². The number of aromatic nitrogens is 2. The molecule has 7 heteroatoms. The minimum Gasteiger partial charge on any atom is -0.497 e. The molecule has 1 aliphatic heterocycles. The van der Waals surface area contributed by atoms with E-state index in [2.05, 4.69) is 5.10 Å². The van der Waals surface area contributed by atoms with Crippen molar-refractivity contribution in [3.63, 3.8) is 0 Å². The quantitative estimate of drug-likeness (QED) is 0.897. The molecule has 132 valence electrons. The van der Waals surface area contributed by atoms with Crippen molar-refractivity contribution in [2.24, 2.45) is 13.0 Å². The van der Waals surface area contributed by atoms with Gasteiger partial charge in [0.05, 0.1) is 25.3 Å². The molecular weight excluding hydrogens is 322 g/mol. The lowest BCUT2D eigenvalue weighted by Crippen LogP contribution is -2.44. The van der Waals surface area contributed by atoms with Crippen LogP contribution in [0, 0.1) is 5.92 Å². The molecule has 1 N–H and O–H groups in total. The van der Waals surface area contributed by atoms with Gasteiger partial charge in [0, 0.05) is 31.8 Å². The van der Waals surface area contributed by atoms with Gasteiger partial charge in [-0.3, -0.25) is 14.3 Å². The Morgan fingerprint density at radius 1 is 1.44 bits per heavy atom. The Labute approximate surface area is 145 Å². The van der Waals surface area contributed by atoms with E-state index in [0.29, 0.717) is 18.7 Å². The third-order valence-corrected chi connectivity index (χ3v) is 4.58. The smallest absolute Gasteiger partial charge is 0.308 e. The van der Waals surface area contributed by atoms with Crippen molar-refractivity contribution in [3.8, 4) is 5.75 Å². The van der Waals surface area contributed by atoms with Crippen LogP contribution in [0.5, 0.6) is 5.75 Å². The first-order chi connectivity index (χ1) is 12.0. The topological polar surface area (TPSA) is 84.7 Å². The Morgan fingerprint density at radius 2 is 2.24 bits per heavy atom. The molecule has 0 aliphatic carbocycles. The summed E-state index contributed by atoms with van der Waals surface area (Å²) in [4.78, 5) is 26.0. The molecule has 7 nitrogen and oxygen atoms in total. The summed E-state index contributed by atoms with van der Waals surface area (Å²) in [5.74, 6) is -0.881. The minimum atomic E-state index is -0.892. The van der Waals surface area contributed by atoms with Gasteiger partial charge in [-0.15, -0.1) is 0 Å². The van der Waals surface area contributed by atoms with Crippen LogP contribution in [-0.2, 0) is 23.2 Å². The molecule has 0 saturated carbocycles. The number of rotatable bonds is 5. The number of amides is 1. The third-order valence-electron chi connectivity index (χ3n) is 4.58. The maximum atomic E-state index is 12.6. The summed E-state index contributed by atoms with van der Waals surface area (Å²) >= 11 is 0. The van der Waals surface area contributed by atoms with Crippen molar-refractivity contribution in [2.75, 3.05) is 7.11 Å². The van der Waals surface area contributed by atoms with Crippen LogP contribution < -0.4 is 4.74 Å². The molecule has 1 aromatic heterocycles. The van der Waals surface area contributed by atoms with Crippen molar-refractivity contribution in [3.05, 3.63) is 47.8 Å². The number of carboxylic acids is 1. The van der Waals surface area contributed by atoms with E-state index in [0.717, 1.165) is 11.1 Å². The Bertz CT molecular complexity index is 786. The molecule has 0 spiro atoms. The van der Waals surface area contributed by atoms with Crippen LogP contribution in [0.1, 0.15) is 30.0 Å². The fourth-order valence-electron chi connectivity index (χ4n) is 3.37. The van der Waals surface area contributed by atoms with E-state index in [1.165, 1.54) is 0 Å². The maximum Gasteiger partial charge on any atom is 0.308 e. The van der Waals surface area contributed by atoms with Gasteiger partial charge in [-0.1, -0.05) is 12.1 Å². The number of benzene rings is 1. The highest BCUT2D eigenvalue weighted by molar-refractivity contribution is 5.81. The van der Waals surface area contributed by atoms with E-state index in [1.807, 2.05) is 24.3 Å². The zero-order valence-corrected chi connectivity index (χ0v) is 14.3. The number of aryl methyl sites for hydroxylation is 1. The highest BCUT2D eigenvalue weighted by atomic mass is 16.5.